The molecule has 0 aromatic rings. The number of fused-ring (bicyclic) bond motifs is 4. The van der Waals surface area contributed by atoms with Crippen molar-refractivity contribution in [3.05, 3.63) is 46.6 Å². The van der Waals surface area contributed by atoms with E-state index in [-0.39, 0.29) is 47.6 Å². The van der Waals surface area contributed by atoms with Gasteiger partial charge in [-0.25, -0.2) is 0 Å². The van der Waals surface area contributed by atoms with E-state index in [2.05, 4.69) is 38.2 Å². The minimum absolute atomic E-state index is 0.0150. The largest absolute Gasteiger partial charge is 0.338 e. The van der Waals surface area contributed by atoms with Crippen molar-refractivity contribution in [2.75, 3.05) is 14.1 Å². The lowest BCUT2D eigenvalue weighted by Crippen LogP contribution is -2.60. The maximum atomic E-state index is 12.8. The van der Waals surface area contributed by atoms with Crippen molar-refractivity contribution in [1.82, 2.24) is 9.80 Å². The molecule has 0 aromatic heterocycles. The topological polar surface area (TPSA) is 40.6 Å². The number of rotatable bonds is 0. The van der Waals surface area contributed by atoms with Crippen molar-refractivity contribution in [2.45, 2.75) is 38.8 Å². The van der Waals surface area contributed by atoms with Crippen molar-refractivity contribution in [3.8, 4) is 0 Å². The van der Waals surface area contributed by atoms with Crippen LogP contribution in [0, 0.1) is 23.7 Å². The van der Waals surface area contributed by atoms with Crippen molar-refractivity contribution < 1.29 is 9.59 Å². The molecule has 4 heterocycles. The summed E-state index contributed by atoms with van der Waals surface area (Å²) in [5.74, 6) is 1.01. The third kappa shape index (κ3) is 1.85. The highest BCUT2D eigenvalue weighted by molar-refractivity contribution is 5.85. The standard InChI is InChI=1S/C22H26N2O2/c1-11-9-13-5-7-15(23(3)21(13)25)19-17(11)18-12(2)10-14-6-8-16(20(18)19)24(4)22(14)26/h5-8,13-16,19-20H,9-10H2,1-4H3/b17-11-,18-12-. The Hall–Kier alpha value is -2.10. The fourth-order valence-electron chi connectivity index (χ4n) is 6.06. The van der Waals surface area contributed by atoms with Gasteiger partial charge in [0.25, 0.3) is 0 Å². The van der Waals surface area contributed by atoms with E-state index in [1.54, 1.807) is 0 Å². The van der Waals surface area contributed by atoms with Gasteiger partial charge in [0.2, 0.25) is 11.8 Å². The van der Waals surface area contributed by atoms with E-state index in [1.807, 2.05) is 23.9 Å². The molecule has 1 saturated carbocycles. The molecule has 2 amide bonds. The van der Waals surface area contributed by atoms with Gasteiger partial charge < -0.3 is 9.80 Å². The first-order valence-corrected chi connectivity index (χ1v) is 9.69. The molecule has 4 nitrogen and oxygen atoms in total. The fraction of sp³-hybridized carbons (Fsp3) is 0.545. The molecule has 7 aliphatic rings. The third-order valence-corrected chi connectivity index (χ3v) is 7.36. The number of likely N-dealkylation sites (N-methyl/N-ethyl adjacent to an activating group) is 2. The Balaban J connectivity index is 1.70. The van der Waals surface area contributed by atoms with E-state index in [4.69, 9.17) is 0 Å². The van der Waals surface area contributed by atoms with E-state index in [0.29, 0.717) is 0 Å². The number of nitrogens with zero attached hydrogens (tertiary/aromatic N) is 2. The Morgan fingerprint density at radius 3 is 1.50 bits per heavy atom. The molecule has 6 unspecified atom stereocenters. The van der Waals surface area contributed by atoms with Gasteiger partial charge in [0.15, 0.2) is 0 Å². The zero-order valence-electron chi connectivity index (χ0n) is 15.9. The lowest BCUT2D eigenvalue weighted by atomic mass is 9.53. The van der Waals surface area contributed by atoms with E-state index >= 15 is 0 Å². The Kier molecular flexibility index (Phi) is 3.23. The number of allylic oxidation sites excluding steroid dienone is 2. The summed E-state index contributed by atoms with van der Waals surface area (Å²) in [6.45, 7) is 4.42. The monoisotopic (exact) mass is 350 g/mol. The lowest BCUT2D eigenvalue weighted by molar-refractivity contribution is -0.139. The summed E-state index contributed by atoms with van der Waals surface area (Å²) in [5.41, 5.74) is 5.70. The SMILES string of the molecule is C/C1=C2\C3=C(/C)CC4C=CC(C3C2C2C=CC(C1)C(=O)N2C)N(C)C4=O. The molecule has 4 bridgehead atoms. The molecule has 0 spiro atoms. The van der Waals surface area contributed by atoms with E-state index < -0.39 is 0 Å². The first kappa shape index (κ1) is 16.1. The molecule has 136 valence electrons. The zero-order chi connectivity index (χ0) is 18.3. The highest BCUT2D eigenvalue weighted by Crippen LogP contribution is 2.58. The minimum atomic E-state index is -0.0150. The van der Waals surface area contributed by atoms with Crippen LogP contribution in [-0.2, 0) is 9.59 Å². The van der Waals surface area contributed by atoms with Gasteiger partial charge in [0.05, 0.1) is 23.9 Å². The quantitative estimate of drug-likeness (QED) is 0.630. The van der Waals surface area contributed by atoms with Crippen LogP contribution in [0.25, 0.3) is 0 Å². The molecule has 6 atom stereocenters. The molecule has 0 radical (unpaired) electrons. The maximum absolute atomic E-state index is 12.8. The average molecular weight is 350 g/mol. The van der Waals surface area contributed by atoms with Crippen LogP contribution >= 0.6 is 0 Å². The van der Waals surface area contributed by atoms with E-state index in [9.17, 15) is 9.59 Å². The van der Waals surface area contributed by atoms with Gasteiger partial charge >= 0.3 is 0 Å². The predicted molar refractivity (Wildman–Crippen MR) is 100.0 cm³/mol. The smallest absolute Gasteiger partial charge is 0.230 e. The first-order chi connectivity index (χ1) is 12.4. The minimum Gasteiger partial charge on any atom is -0.338 e. The molecular weight excluding hydrogens is 324 g/mol. The fourth-order valence-corrected chi connectivity index (χ4v) is 6.06. The molecular formula is C22H26N2O2. The molecule has 3 aliphatic carbocycles. The number of hydrogen-bond donors (Lipinski definition) is 0. The average Bonchev–Trinajstić information content (AvgIpc) is 2.57. The molecule has 1 fully saturated rings. The van der Waals surface area contributed by atoms with Crippen LogP contribution in [0.5, 0.6) is 0 Å². The van der Waals surface area contributed by atoms with Gasteiger partial charge in [-0.1, -0.05) is 35.5 Å². The van der Waals surface area contributed by atoms with Gasteiger partial charge in [-0.05, 0) is 37.8 Å². The normalized spacial score (nSPS) is 46.5. The molecule has 0 saturated heterocycles. The van der Waals surface area contributed by atoms with Crippen LogP contribution in [0.15, 0.2) is 46.6 Å². The van der Waals surface area contributed by atoms with Gasteiger partial charge in [0, 0.05) is 25.9 Å². The van der Waals surface area contributed by atoms with Crippen molar-refractivity contribution in [2.24, 2.45) is 23.7 Å². The molecule has 0 aromatic carbocycles. The highest BCUT2D eigenvalue weighted by Gasteiger charge is 2.56. The van der Waals surface area contributed by atoms with Crippen LogP contribution in [0.4, 0.5) is 0 Å². The maximum Gasteiger partial charge on any atom is 0.230 e. The third-order valence-electron chi connectivity index (χ3n) is 7.36. The Morgan fingerprint density at radius 2 is 1.12 bits per heavy atom. The van der Waals surface area contributed by atoms with E-state index in [1.165, 1.54) is 22.3 Å². The van der Waals surface area contributed by atoms with Gasteiger partial charge in [0.1, 0.15) is 0 Å². The summed E-state index contributed by atoms with van der Waals surface area (Å²) < 4.78 is 0. The number of amides is 2. The van der Waals surface area contributed by atoms with Crippen LogP contribution in [0.2, 0.25) is 0 Å². The second-order valence-corrected chi connectivity index (χ2v) is 8.71. The van der Waals surface area contributed by atoms with Gasteiger partial charge in [-0.3, -0.25) is 9.59 Å². The van der Waals surface area contributed by atoms with E-state index in [0.717, 1.165) is 12.8 Å². The number of carbonyl (C=O) groups excluding carboxylic acids is 2. The molecule has 0 N–H and O–H groups in total. The molecule has 26 heavy (non-hydrogen) atoms. The summed E-state index contributed by atoms with van der Waals surface area (Å²) in [6.07, 6.45) is 10.4. The Bertz CT molecular complexity index is 776. The second-order valence-electron chi connectivity index (χ2n) is 8.71. The number of hydrogen-bond acceptors (Lipinski definition) is 2. The van der Waals surface area contributed by atoms with Crippen molar-refractivity contribution in [1.29, 1.82) is 0 Å². The Morgan fingerprint density at radius 1 is 0.731 bits per heavy atom. The summed E-state index contributed by atoms with van der Waals surface area (Å²) in [5, 5.41) is 0. The lowest BCUT2D eigenvalue weighted by Gasteiger charge is -2.57. The summed E-state index contributed by atoms with van der Waals surface area (Å²) in [4.78, 5) is 29.4. The van der Waals surface area contributed by atoms with Crippen molar-refractivity contribution in [3.63, 3.8) is 0 Å². The van der Waals surface area contributed by atoms with Crippen LogP contribution in [-0.4, -0.2) is 47.8 Å². The van der Waals surface area contributed by atoms with Crippen LogP contribution in [0.1, 0.15) is 26.7 Å². The van der Waals surface area contributed by atoms with Crippen LogP contribution in [0.3, 0.4) is 0 Å². The highest BCUT2D eigenvalue weighted by atomic mass is 16.2. The second kappa shape index (κ2) is 5.21. The predicted octanol–water partition coefficient (Wildman–Crippen LogP) is 2.70. The summed E-state index contributed by atoms with van der Waals surface area (Å²) >= 11 is 0. The van der Waals surface area contributed by atoms with Crippen molar-refractivity contribution >= 4 is 11.8 Å². The first-order valence-electron chi connectivity index (χ1n) is 9.69. The molecule has 7 rings (SSSR count). The number of carbonyl (C=O) groups is 2. The Labute approximate surface area is 154 Å². The summed E-state index contributed by atoms with van der Waals surface area (Å²) in [6, 6.07) is 0.194. The molecule has 4 aliphatic heterocycles. The van der Waals surface area contributed by atoms with Gasteiger partial charge in [-0.15, -0.1) is 0 Å². The summed E-state index contributed by atoms with van der Waals surface area (Å²) in [7, 11) is 3.89. The van der Waals surface area contributed by atoms with Crippen LogP contribution < -0.4 is 0 Å². The molecule has 4 heteroatoms. The zero-order valence-corrected chi connectivity index (χ0v) is 15.9. The van der Waals surface area contributed by atoms with Gasteiger partial charge in [-0.2, -0.15) is 0 Å².